The third kappa shape index (κ3) is 4.67. The second-order valence-electron chi connectivity index (χ2n) is 9.27. The van der Waals surface area contributed by atoms with Gasteiger partial charge in [0.15, 0.2) is 0 Å². The Hall–Kier alpha value is -3.13. The maximum atomic E-state index is 12.3. The van der Waals surface area contributed by atoms with Crippen LogP contribution in [0.1, 0.15) is 16.7 Å². The first-order valence-electron chi connectivity index (χ1n) is 11.5. The predicted octanol–water partition coefficient (Wildman–Crippen LogP) is 1.10. The monoisotopic (exact) mass is 547 g/mol. The minimum Gasteiger partial charge on any atom is -0.508 e. The van der Waals surface area contributed by atoms with Crippen molar-refractivity contribution in [2.75, 3.05) is 10.7 Å². The number of ether oxygens (including phenoxy) is 1. The molecule has 2 aromatic carbocycles. The van der Waals surface area contributed by atoms with Crippen LogP contribution >= 0.6 is 23.5 Å². The Bertz CT molecular complexity index is 1310. The number of phenolic OH excluding ortho intramolecular Hbond substituents is 1. The molecule has 0 aliphatic carbocycles. The largest absolute Gasteiger partial charge is 0.508 e. The van der Waals surface area contributed by atoms with Crippen LogP contribution in [0.3, 0.4) is 0 Å². The number of rotatable bonds is 7. The van der Waals surface area contributed by atoms with Gasteiger partial charge in [0, 0.05) is 27.5 Å². The minimum absolute atomic E-state index is 0.00343. The third-order valence-corrected chi connectivity index (χ3v) is 9.18. The van der Waals surface area contributed by atoms with Gasteiger partial charge in [-0.2, -0.15) is 0 Å². The average Bonchev–Trinajstić information content (AvgIpc) is 2.83. The van der Waals surface area contributed by atoms with Crippen LogP contribution in [0, 0.1) is 0 Å². The quantitative estimate of drug-likeness (QED) is 0.288. The summed E-state index contributed by atoms with van der Waals surface area (Å²) >= 11 is 2.74. The lowest BCUT2D eigenvalue weighted by Crippen LogP contribution is -2.58. The maximum Gasteiger partial charge on any atom is 0.327 e. The molecule has 0 saturated carbocycles. The van der Waals surface area contributed by atoms with Crippen LogP contribution < -0.4 is 21.1 Å². The smallest absolute Gasteiger partial charge is 0.327 e. The lowest BCUT2D eigenvalue weighted by atomic mass is 9.97. The van der Waals surface area contributed by atoms with E-state index in [2.05, 4.69) is 0 Å². The number of nitrogens with two attached hydrogens (primary N) is 2. The van der Waals surface area contributed by atoms with Crippen molar-refractivity contribution in [1.29, 1.82) is 0 Å². The zero-order valence-electron chi connectivity index (χ0n) is 19.4. The maximum absolute atomic E-state index is 12.3. The molecule has 0 fully saturated rings. The number of hydrogen-bond acceptors (Lipinski definition) is 10. The Morgan fingerprint density at radius 3 is 2.24 bits per heavy atom. The lowest BCUT2D eigenvalue weighted by Gasteiger charge is -2.50. The number of benzene rings is 2. The Morgan fingerprint density at radius 2 is 1.62 bits per heavy atom. The molecule has 11 nitrogen and oxygen atoms in total. The number of carbonyl (C=O) groups is 3. The van der Waals surface area contributed by atoms with Crippen molar-refractivity contribution < 1.29 is 39.5 Å². The van der Waals surface area contributed by atoms with E-state index in [1.807, 2.05) is 11.0 Å². The zero-order valence-corrected chi connectivity index (χ0v) is 21.0. The molecule has 3 aliphatic heterocycles. The van der Waals surface area contributed by atoms with Crippen molar-refractivity contribution in [1.82, 2.24) is 0 Å². The van der Waals surface area contributed by atoms with Crippen LogP contribution in [0.25, 0.3) is 0 Å². The summed E-state index contributed by atoms with van der Waals surface area (Å²) in [6.07, 6.45) is -0.0685. The van der Waals surface area contributed by atoms with Crippen LogP contribution in [-0.4, -0.2) is 73.7 Å². The summed E-state index contributed by atoms with van der Waals surface area (Å²) in [4.78, 5) is 38.1. The molecule has 0 bridgehead atoms. The summed E-state index contributed by atoms with van der Waals surface area (Å²) in [6, 6.07) is 3.80. The number of phenols is 1. The van der Waals surface area contributed by atoms with Crippen molar-refractivity contribution in [2.24, 2.45) is 11.5 Å². The molecule has 0 saturated heterocycles. The molecule has 13 heteroatoms. The molecule has 2 aromatic rings. The molecule has 8 N–H and O–H groups in total. The number of carboxylic acid groups (broad SMARTS) is 3. The van der Waals surface area contributed by atoms with Crippen molar-refractivity contribution in [3.8, 4) is 11.5 Å². The summed E-state index contributed by atoms with van der Waals surface area (Å²) in [5.74, 6) is -2.50. The highest BCUT2D eigenvalue weighted by atomic mass is 32.2. The number of carboxylic acids is 3. The lowest BCUT2D eigenvalue weighted by molar-refractivity contribution is -0.139. The molecule has 3 heterocycles. The standard InChI is InChI=1S/C24H25N3O8S2/c25-12(22(29)30)1-9-3-15(28)11-7-17-21(37-18(11)5-9)27-14(24(33)34)8-36-19-6-10(2-13(26)23(31)32)4-16(35-17)20(19)27/h3-6,12-14,17,21,28H,1-2,7-8,25-26H2,(H,29,30)(H,31,32)(H,33,34)/t12-,13-,14-,17?,21?/m0/s1. The Balaban J connectivity index is 1.54. The van der Waals surface area contributed by atoms with Gasteiger partial charge < -0.3 is 41.5 Å². The van der Waals surface area contributed by atoms with Crippen LogP contribution in [-0.2, 0) is 33.6 Å². The third-order valence-electron chi connectivity index (χ3n) is 6.69. The predicted molar refractivity (Wildman–Crippen MR) is 136 cm³/mol. The molecule has 0 spiro atoms. The summed E-state index contributed by atoms with van der Waals surface area (Å²) in [5, 5.41) is 38.8. The highest BCUT2D eigenvalue weighted by Crippen LogP contribution is 2.54. The molecular weight excluding hydrogens is 522 g/mol. The fourth-order valence-corrected chi connectivity index (χ4v) is 7.61. The van der Waals surface area contributed by atoms with Crippen LogP contribution in [0.2, 0.25) is 0 Å². The molecule has 5 rings (SSSR count). The molecule has 0 amide bonds. The van der Waals surface area contributed by atoms with Gasteiger partial charge in [0.2, 0.25) is 0 Å². The van der Waals surface area contributed by atoms with Gasteiger partial charge in [-0.15, -0.1) is 11.8 Å². The first-order chi connectivity index (χ1) is 17.5. The first kappa shape index (κ1) is 25.5. The second-order valence-corrected chi connectivity index (χ2v) is 11.5. The van der Waals surface area contributed by atoms with Crippen molar-refractivity contribution in [2.45, 2.75) is 58.7 Å². The van der Waals surface area contributed by atoms with E-state index in [1.165, 1.54) is 29.6 Å². The van der Waals surface area contributed by atoms with Crippen molar-refractivity contribution in [3.05, 3.63) is 41.0 Å². The Labute approximate surface area is 219 Å². The SMILES string of the molecule is N[C@@H](Cc1cc(O)c2c(c1)SC1C(C2)Oc2cc(C[C@H](N)C(=O)O)cc3c2N1[C@H](C(=O)O)CS3)C(=O)O. The normalized spacial score (nSPS) is 23.1. The molecule has 37 heavy (non-hydrogen) atoms. The molecule has 0 radical (unpaired) electrons. The fraction of sp³-hybridized carbons (Fsp3) is 0.375. The number of anilines is 1. The van der Waals surface area contributed by atoms with Gasteiger partial charge in [0.1, 0.15) is 41.1 Å². The van der Waals surface area contributed by atoms with Crippen molar-refractivity contribution in [3.63, 3.8) is 0 Å². The number of aromatic hydroxyl groups is 1. The Kier molecular flexibility index (Phi) is 6.64. The van der Waals surface area contributed by atoms with E-state index in [1.54, 1.807) is 12.1 Å². The van der Waals surface area contributed by atoms with E-state index in [-0.39, 0.29) is 24.3 Å². The summed E-state index contributed by atoms with van der Waals surface area (Å²) in [7, 11) is 0. The molecule has 0 aromatic heterocycles. The van der Waals surface area contributed by atoms with Gasteiger partial charge in [-0.1, -0.05) is 11.8 Å². The first-order valence-corrected chi connectivity index (χ1v) is 13.4. The number of nitrogens with zero attached hydrogens (tertiary/aromatic N) is 1. The fourth-order valence-electron chi connectivity index (χ4n) is 4.91. The number of hydrogen-bond donors (Lipinski definition) is 6. The highest BCUT2D eigenvalue weighted by Gasteiger charge is 2.48. The van der Waals surface area contributed by atoms with E-state index in [0.717, 1.165) is 4.90 Å². The summed E-state index contributed by atoms with van der Waals surface area (Å²) in [6.45, 7) is 0. The van der Waals surface area contributed by atoms with E-state index in [9.17, 15) is 29.7 Å². The summed E-state index contributed by atoms with van der Waals surface area (Å²) < 4.78 is 6.37. The molecule has 196 valence electrons. The van der Waals surface area contributed by atoms with Gasteiger partial charge >= 0.3 is 17.9 Å². The summed E-state index contributed by atoms with van der Waals surface area (Å²) in [5.41, 5.74) is 13.9. The molecule has 2 unspecified atom stereocenters. The van der Waals surface area contributed by atoms with Gasteiger partial charge in [-0.05, 0) is 48.2 Å². The highest BCUT2D eigenvalue weighted by molar-refractivity contribution is 8.00. The molecular formula is C24H25N3O8S2. The van der Waals surface area contributed by atoms with E-state index < -0.39 is 47.5 Å². The van der Waals surface area contributed by atoms with E-state index in [4.69, 9.17) is 21.3 Å². The zero-order chi connectivity index (χ0) is 26.6. The van der Waals surface area contributed by atoms with E-state index in [0.29, 0.717) is 39.4 Å². The van der Waals surface area contributed by atoms with Gasteiger partial charge in [-0.3, -0.25) is 9.59 Å². The number of thioether (sulfide) groups is 2. The van der Waals surface area contributed by atoms with Crippen LogP contribution in [0.4, 0.5) is 5.69 Å². The topological polar surface area (TPSA) is 197 Å². The minimum atomic E-state index is -1.14. The molecule has 5 atom stereocenters. The number of fused-ring (bicyclic) bond motifs is 3. The number of aliphatic carboxylic acids is 3. The van der Waals surface area contributed by atoms with Gasteiger partial charge in [-0.25, -0.2) is 4.79 Å². The van der Waals surface area contributed by atoms with Crippen molar-refractivity contribution >= 4 is 47.1 Å². The second kappa shape index (κ2) is 9.63. The van der Waals surface area contributed by atoms with E-state index >= 15 is 0 Å². The molecule has 3 aliphatic rings. The van der Waals surface area contributed by atoms with Crippen LogP contribution in [0.5, 0.6) is 11.5 Å². The Morgan fingerprint density at radius 1 is 1.00 bits per heavy atom. The average molecular weight is 548 g/mol. The van der Waals surface area contributed by atoms with Crippen LogP contribution in [0.15, 0.2) is 34.1 Å². The van der Waals surface area contributed by atoms with Gasteiger partial charge in [0.05, 0.1) is 5.69 Å². The van der Waals surface area contributed by atoms with Gasteiger partial charge in [0.25, 0.3) is 0 Å².